The Morgan fingerprint density at radius 2 is 2.25 bits per heavy atom. The van der Waals surface area contributed by atoms with E-state index in [1.807, 2.05) is 0 Å². The summed E-state index contributed by atoms with van der Waals surface area (Å²) in [5.74, 6) is 0. The molecule has 4 N–H and O–H groups in total. The smallest absolute Gasteiger partial charge is 0.241 e. The number of nitrogens with zero attached hydrogens (tertiary/aromatic N) is 1. The lowest BCUT2D eigenvalue weighted by Crippen LogP contribution is -2.24. The second kappa shape index (κ2) is 5.70. The van der Waals surface area contributed by atoms with Gasteiger partial charge in [0.05, 0.1) is 11.1 Å². The number of aryl methyl sites for hydroxylation is 1. The predicted octanol–water partition coefficient (Wildman–Crippen LogP) is 0.831. The van der Waals surface area contributed by atoms with Crippen molar-refractivity contribution in [1.82, 2.24) is 14.9 Å². The fourth-order valence-electron chi connectivity index (χ4n) is 1.67. The largest absolute Gasteiger partial charge is 0.389 e. The van der Waals surface area contributed by atoms with Crippen LogP contribution in [0.15, 0.2) is 35.5 Å². The summed E-state index contributed by atoms with van der Waals surface area (Å²) in [7, 11) is -3.63. The van der Waals surface area contributed by atoms with Crippen molar-refractivity contribution in [3.8, 4) is 0 Å². The molecule has 0 bridgehead atoms. The third-order valence-electron chi connectivity index (χ3n) is 2.78. The van der Waals surface area contributed by atoms with E-state index in [4.69, 9.17) is 18.0 Å². The number of sulfonamides is 1. The van der Waals surface area contributed by atoms with Gasteiger partial charge in [0.25, 0.3) is 0 Å². The highest BCUT2D eigenvalue weighted by Crippen LogP contribution is 2.17. The van der Waals surface area contributed by atoms with E-state index in [0.29, 0.717) is 11.1 Å². The Balaban J connectivity index is 2.28. The van der Waals surface area contributed by atoms with Crippen molar-refractivity contribution in [2.75, 3.05) is 0 Å². The van der Waals surface area contributed by atoms with Crippen molar-refractivity contribution in [3.05, 3.63) is 47.3 Å². The van der Waals surface area contributed by atoms with Gasteiger partial charge in [0.1, 0.15) is 4.99 Å². The number of H-pyrrole nitrogens is 1. The number of nitrogens with one attached hydrogen (secondary N) is 2. The summed E-state index contributed by atoms with van der Waals surface area (Å²) in [6.45, 7) is 1.88. The Morgan fingerprint density at radius 3 is 2.85 bits per heavy atom. The molecule has 0 aliphatic heterocycles. The molecular formula is C12H14N4O2S2. The van der Waals surface area contributed by atoms with E-state index in [0.717, 1.165) is 5.56 Å². The fraction of sp³-hybridized carbons (Fsp3) is 0.167. The van der Waals surface area contributed by atoms with Crippen LogP contribution >= 0.6 is 12.2 Å². The summed E-state index contributed by atoms with van der Waals surface area (Å²) in [4.78, 5) is 0.336. The van der Waals surface area contributed by atoms with Crippen molar-refractivity contribution in [1.29, 1.82) is 0 Å². The number of nitrogens with two attached hydrogens (primary N) is 1. The van der Waals surface area contributed by atoms with Gasteiger partial charge in [-0.1, -0.05) is 24.4 Å². The molecule has 0 aliphatic carbocycles. The lowest BCUT2D eigenvalue weighted by atomic mass is 10.1. The Morgan fingerprint density at radius 1 is 1.50 bits per heavy atom. The maximum atomic E-state index is 12.3. The first-order chi connectivity index (χ1) is 9.40. The lowest BCUT2D eigenvalue weighted by molar-refractivity contribution is 0.580. The van der Waals surface area contributed by atoms with Crippen LogP contribution in [0.4, 0.5) is 0 Å². The number of thiocarbonyl (C=S) groups is 1. The average molecular weight is 310 g/mol. The van der Waals surface area contributed by atoms with E-state index < -0.39 is 10.0 Å². The molecule has 0 aliphatic rings. The van der Waals surface area contributed by atoms with E-state index in [1.165, 1.54) is 6.07 Å². The molecule has 20 heavy (non-hydrogen) atoms. The van der Waals surface area contributed by atoms with E-state index in [2.05, 4.69) is 14.9 Å². The van der Waals surface area contributed by atoms with Gasteiger partial charge in [0.2, 0.25) is 10.0 Å². The topological polar surface area (TPSA) is 101 Å². The van der Waals surface area contributed by atoms with Crippen LogP contribution in [0.3, 0.4) is 0 Å². The molecule has 0 radical (unpaired) electrons. The number of rotatable bonds is 5. The highest BCUT2D eigenvalue weighted by atomic mass is 32.2. The van der Waals surface area contributed by atoms with Gasteiger partial charge in [-0.25, -0.2) is 13.1 Å². The average Bonchev–Trinajstić information content (AvgIpc) is 2.89. The van der Waals surface area contributed by atoms with Crippen molar-refractivity contribution >= 4 is 27.2 Å². The van der Waals surface area contributed by atoms with Gasteiger partial charge >= 0.3 is 0 Å². The molecule has 0 spiro atoms. The van der Waals surface area contributed by atoms with Gasteiger partial charge in [-0.05, 0) is 18.6 Å². The number of aromatic nitrogens is 2. The second-order valence-electron chi connectivity index (χ2n) is 4.28. The lowest BCUT2D eigenvalue weighted by Gasteiger charge is -2.10. The van der Waals surface area contributed by atoms with Crippen molar-refractivity contribution < 1.29 is 8.42 Å². The summed E-state index contributed by atoms with van der Waals surface area (Å²) < 4.78 is 27.1. The van der Waals surface area contributed by atoms with Crippen LogP contribution in [-0.4, -0.2) is 23.6 Å². The summed E-state index contributed by atoms with van der Waals surface area (Å²) in [6.07, 6.45) is 3.18. The maximum Gasteiger partial charge on any atom is 0.241 e. The molecular weight excluding hydrogens is 296 g/mol. The third-order valence-corrected chi connectivity index (χ3v) is 4.56. The molecule has 0 amide bonds. The van der Waals surface area contributed by atoms with E-state index in [-0.39, 0.29) is 16.4 Å². The molecule has 1 heterocycles. The van der Waals surface area contributed by atoms with Crippen LogP contribution in [0.25, 0.3) is 0 Å². The maximum absolute atomic E-state index is 12.3. The molecule has 0 atom stereocenters. The van der Waals surface area contributed by atoms with E-state index in [9.17, 15) is 8.42 Å². The second-order valence-corrected chi connectivity index (χ2v) is 6.45. The summed E-state index contributed by atoms with van der Waals surface area (Å²) >= 11 is 4.87. The van der Waals surface area contributed by atoms with Gasteiger partial charge in [0.15, 0.2) is 0 Å². The van der Waals surface area contributed by atoms with Crippen molar-refractivity contribution in [2.24, 2.45) is 5.73 Å². The molecule has 0 unspecified atom stereocenters. The minimum absolute atomic E-state index is 0.162. The zero-order valence-corrected chi connectivity index (χ0v) is 12.4. The standard InChI is InChI=1S/C12H14N4O2S2/c1-8-2-3-10(12(13)19)4-11(8)20(17,18)16-7-9-5-14-15-6-9/h2-6,16H,7H2,1H3,(H2,13,19)(H,14,15). The van der Waals surface area contributed by atoms with Crippen molar-refractivity contribution in [2.45, 2.75) is 18.4 Å². The SMILES string of the molecule is Cc1ccc(C(N)=S)cc1S(=O)(=O)NCc1cn[nH]c1. The van der Waals surface area contributed by atoms with E-state index >= 15 is 0 Å². The molecule has 6 nitrogen and oxygen atoms in total. The Labute approximate surface area is 122 Å². The number of benzene rings is 1. The zero-order valence-electron chi connectivity index (χ0n) is 10.8. The van der Waals surface area contributed by atoms with Gasteiger partial charge in [-0.2, -0.15) is 5.10 Å². The Bertz CT molecular complexity index is 724. The minimum Gasteiger partial charge on any atom is -0.389 e. The molecule has 0 fully saturated rings. The highest BCUT2D eigenvalue weighted by molar-refractivity contribution is 7.89. The molecule has 1 aromatic heterocycles. The number of hydrogen-bond donors (Lipinski definition) is 3. The summed E-state index contributed by atoms with van der Waals surface area (Å²) in [5, 5.41) is 6.38. The monoisotopic (exact) mass is 310 g/mol. The summed E-state index contributed by atoms with van der Waals surface area (Å²) in [5.41, 5.74) is 7.43. The first-order valence-corrected chi connectivity index (χ1v) is 7.67. The van der Waals surface area contributed by atoms with Crippen LogP contribution in [0, 0.1) is 6.92 Å². The van der Waals surface area contributed by atoms with E-state index in [1.54, 1.807) is 31.5 Å². The van der Waals surface area contributed by atoms with Gasteiger partial charge in [-0.3, -0.25) is 5.10 Å². The molecule has 2 aromatic rings. The molecule has 0 saturated heterocycles. The van der Waals surface area contributed by atoms with Crippen molar-refractivity contribution in [3.63, 3.8) is 0 Å². The van der Waals surface area contributed by atoms with Crippen LogP contribution in [0.2, 0.25) is 0 Å². The molecule has 0 saturated carbocycles. The van der Waals surface area contributed by atoms with Crippen LogP contribution in [0.5, 0.6) is 0 Å². The minimum atomic E-state index is -3.63. The molecule has 8 heteroatoms. The first kappa shape index (κ1) is 14.6. The Kier molecular flexibility index (Phi) is 4.17. The predicted molar refractivity (Wildman–Crippen MR) is 79.7 cm³/mol. The Hall–Kier alpha value is -1.77. The number of aromatic amines is 1. The zero-order chi connectivity index (χ0) is 14.8. The fourth-order valence-corrected chi connectivity index (χ4v) is 3.09. The van der Waals surface area contributed by atoms with Crippen LogP contribution in [0.1, 0.15) is 16.7 Å². The number of hydrogen-bond acceptors (Lipinski definition) is 4. The third kappa shape index (κ3) is 3.21. The van der Waals surface area contributed by atoms with Crippen LogP contribution < -0.4 is 10.5 Å². The quantitative estimate of drug-likeness (QED) is 0.710. The highest BCUT2D eigenvalue weighted by Gasteiger charge is 2.17. The molecule has 1 aromatic carbocycles. The van der Waals surface area contributed by atoms with Crippen LogP contribution in [-0.2, 0) is 16.6 Å². The molecule has 2 rings (SSSR count). The first-order valence-electron chi connectivity index (χ1n) is 5.78. The van der Waals surface area contributed by atoms with Gasteiger partial charge in [-0.15, -0.1) is 0 Å². The van der Waals surface area contributed by atoms with Gasteiger partial charge in [0, 0.05) is 23.9 Å². The summed E-state index contributed by atoms with van der Waals surface area (Å²) in [6, 6.07) is 4.86. The van der Waals surface area contributed by atoms with Gasteiger partial charge < -0.3 is 5.73 Å². The molecule has 106 valence electrons. The normalized spacial score (nSPS) is 11.4.